The van der Waals surface area contributed by atoms with Gasteiger partial charge in [0.15, 0.2) is 5.76 Å². The molecular weight excluding hydrogens is 330 g/mol. The number of anilines is 1. The number of hydrogen-bond donors (Lipinski definition) is 1. The molecule has 2 aromatic rings. The van der Waals surface area contributed by atoms with E-state index in [1.165, 1.54) is 6.26 Å². The largest absolute Gasteiger partial charge is 0.459 e. The van der Waals surface area contributed by atoms with Crippen molar-refractivity contribution in [3.05, 3.63) is 53.4 Å². The van der Waals surface area contributed by atoms with Gasteiger partial charge in [-0.15, -0.1) is 0 Å². The minimum absolute atomic E-state index is 0.0000677. The molecule has 0 radical (unpaired) electrons. The van der Waals surface area contributed by atoms with Crippen LogP contribution < -0.4 is 5.32 Å². The number of nitrogens with zero attached hydrogens (tertiary/aromatic N) is 2. The van der Waals surface area contributed by atoms with Crippen molar-refractivity contribution < 1.29 is 14.0 Å². The first-order chi connectivity index (χ1) is 11.6. The Morgan fingerprint density at radius 2 is 1.83 bits per heavy atom. The van der Waals surface area contributed by atoms with Crippen LogP contribution in [0.4, 0.5) is 5.69 Å². The number of rotatable bonds is 4. The van der Waals surface area contributed by atoms with E-state index in [0.29, 0.717) is 37.0 Å². The fraction of sp³-hybridized carbons (Fsp3) is 0.294. The number of carbonyl (C=O) groups excluding carboxylic acids is 2. The number of nitrogens with one attached hydrogen (secondary N) is 1. The molecule has 1 aliphatic rings. The summed E-state index contributed by atoms with van der Waals surface area (Å²) in [6.45, 7) is 2.24. The van der Waals surface area contributed by atoms with Gasteiger partial charge in [0.05, 0.1) is 12.8 Å². The Kier molecular flexibility index (Phi) is 5.05. The van der Waals surface area contributed by atoms with Gasteiger partial charge in [-0.1, -0.05) is 17.7 Å². The van der Waals surface area contributed by atoms with Crippen LogP contribution in [0.1, 0.15) is 10.6 Å². The molecule has 1 N–H and O–H groups in total. The van der Waals surface area contributed by atoms with E-state index in [4.69, 9.17) is 16.0 Å². The van der Waals surface area contributed by atoms with Crippen LogP contribution in [-0.2, 0) is 4.79 Å². The quantitative estimate of drug-likeness (QED) is 0.921. The van der Waals surface area contributed by atoms with Gasteiger partial charge >= 0.3 is 0 Å². The highest BCUT2D eigenvalue weighted by Gasteiger charge is 2.25. The molecule has 0 unspecified atom stereocenters. The number of amides is 2. The molecule has 0 bridgehead atoms. The highest BCUT2D eigenvalue weighted by atomic mass is 35.5. The van der Waals surface area contributed by atoms with E-state index in [2.05, 4.69) is 5.32 Å². The summed E-state index contributed by atoms with van der Waals surface area (Å²) in [6, 6.07) is 10.6. The normalized spacial score (nSPS) is 14.5. The van der Waals surface area contributed by atoms with Crippen LogP contribution in [0.15, 0.2) is 47.1 Å². The highest BCUT2D eigenvalue weighted by Crippen LogP contribution is 2.15. The molecule has 1 aliphatic heterocycles. The number of halogens is 1. The molecule has 0 spiro atoms. The lowest BCUT2D eigenvalue weighted by molar-refractivity contribution is -0.130. The first kappa shape index (κ1) is 16.4. The lowest BCUT2D eigenvalue weighted by Crippen LogP contribution is -2.51. The van der Waals surface area contributed by atoms with Crippen LogP contribution in [-0.4, -0.2) is 54.3 Å². The summed E-state index contributed by atoms with van der Waals surface area (Å²) in [5.74, 6) is 0.196. The maximum Gasteiger partial charge on any atom is 0.289 e. The maximum absolute atomic E-state index is 12.3. The van der Waals surface area contributed by atoms with Gasteiger partial charge < -0.3 is 19.5 Å². The molecule has 1 aromatic heterocycles. The number of hydrogen-bond acceptors (Lipinski definition) is 4. The predicted octanol–water partition coefficient (Wildman–Crippen LogP) is 2.33. The smallest absolute Gasteiger partial charge is 0.289 e. The molecular formula is C17H18ClN3O3. The summed E-state index contributed by atoms with van der Waals surface area (Å²) < 4.78 is 5.13. The molecule has 126 valence electrons. The first-order valence-electron chi connectivity index (χ1n) is 7.73. The Morgan fingerprint density at radius 1 is 1.08 bits per heavy atom. The van der Waals surface area contributed by atoms with Gasteiger partial charge in [0.25, 0.3) is 5.91 Å². The van der Waals surface area contributed by atoms with Crippen molar-refractivity contribution in [2.24, 2.45) is 0 Å². The van der Waals surface area contributed by atoms with E-state index in [9.17, 15) is 9.59 Å². The van der Waals surface area contributed by atoms with Crippen molar-refractivity contribution >= 4 is 29.1 Å². The predicted molar refractivity (Wildman–Crippen MR) is 91.1 cm³/mol. The second-order valence-electron chi connectivity index (χ2n) is 5.51. The molecule has 6 nitrogen and oxygen atoms in total. The van der Waals surface area contributed by atoms with Crippen molar-refractivity contribution in [1.29, 1.82) is 0 Å². The average Bonchev–Trinajstić information content (AvgIpc) is 3.14. The molecule has 24 heavy (non-hydrogen) atoms. The van der Waals surface area contributed by atoms with Crippen molar-refractivity contribution in [2.45, 2.75) is 0 Å². The van der Waals surface area contributed by atoms with Crippen LogP contribution in [0.2, 0.25) is 5.02 Å². The summed E-state index contributed by atoms with van der Waals surface area (Å²) in [7, 11) is 0. The second-order valence-corrected chi connectivity index (χ2v) is 5.95. The summed E-state index contributed by atoms with van der Waals surface area (Å²) in [5, 5.41) is 3.69. The monoisotopic (exact) mass is 347 g/mol. The van der Waals surface area contributed by atoms with Gasteiger partial charge in [0, 0.05) is 36.9 Å². The van der Waals surface area contributed by atoms with E-state index in [-0.39, 0.29) is 18.4 Å². The van der Waals surface area contributed by atoms with Crippen LogP contribution in [0, 0.1) is 0 Å². The van der Waals surface area contributed by atoms with Crippen molar-refractivity contribution in [2.75, 3.05) is 38.0 Å². The zero-order chi connectivity index (χ0) is 16.9. The third kappa shape index (κ3) is 3.89. The molecule has 3 rings (SSSR count). The van der Waals surface area contributed by atoms with Crippen LogP contribution >= 0.6 is 11.6 Å². The topological polar surface area (TPSA) is 65.8 Å². The molecule has 1 saturated heterocycles. The summed E-state index contributed by atoms with van der Waals surface area (Å²) in [5.41, 5.74) is 0.808. The second kappa shape index (κ2) is 7.40. The Hall–Kier alpha value is -2.47. The molecule has 0 atom stereocenters. The Bertz CT molecular complexity index is 710. The minimum atomic E-state index is -0.135. The van der Waals surface area contributed by atoms with E-state index in [1.54, 1.807) is 34.1 Å². The third-order valence-corrected chi connectivity index (χ3v) is 4.16. The van der Waals surface area contributed by atoms with Gasteiger partial charge in [-0.2, -0.15) is 0 Å². The minimum Gasteiger partial charge on any atom is -0.459 e. The standard InChI is InChI=1S/C17H18ClN3O3/c18-13-3-1-4-14(11-13)19-12-16(22)20-6-8-21(9-7-20)17(23)15-5-2-10-24-15/h1-5,10-11,19H,6-9,12H2. The van der Waals surface area contributed by atoms with Crippen molar-refractivity contribution in [3.63, 3.8) is 0 Å². The van der Waals surface area contributed by atoms with Crippen LogP contribution in [0.5, 0.6) is 0 Å². The zero-order valence-electron chi connectivity index (χ0n) is 13.1. The van der Waals surface area contributed by atoms with Gasteiger partial charge in [-0.3, -0.25) is 9.59 Å². The summed E-state index contributed by atoms with van der Waals surface area (Å²) in [6.07, 6.45) is 1.48. The average molecular weight is 348 g/mol. The van der Waals surface area contributed by atoms with E-state index in [1.807, 2.05) is 12.1 Å². The Balaban J connectivity index is 1.47. The van der Waals surface area contributed by atoms with E-state index >= 15 is 0 Å². The third-order valence-electron chi connectivity index (χ3n) is 3.92. The molecule has 7 heteroatoms. The molecule has 0 aliphatic carbocycles. The molecule has 0 saturated carbocycles. The number of benzene rings is 1. The lowest BCUT2D eigenvalue weighted by atomic mass is 10.2. The molecule has 1 aromatic carbocycles. The maximum atomic E-state index is 12.3. The van der Waals surface area contributed by atoms with Crippen LogP contribution in [0.25, 0.3) is 0 Å². The van der Waals surface area contributed by atoms with Crippen molar-refractivity contribution in [1.82, 2.24) is 9.80 Å². The summed E-state index contributed by atoms with van der Waals surface area (Å²) >= 11 is 5.92. The SMILES string of the molecule is O=C(CNc1cccc(Cl)c1)N1CCN(C(=O)c2ccco2)CC1. The van der Waals surface area contributed by atoms with Crippen molar-refractivity contribution in [3.8, 4) is 0 Å². The highest BCUT2D eigenvalue weighted by molar-refractivity contribution is 6.30. The lowest BCUT2D eigenvalue weighted by Gasteiger charge is -2.34. The molecule has 2 amide bonds. The summed E-state index contributed by atoms with van der Waals surface area (Å²) in [4.78, 5) is 27.9. The van der Waals surface area contributed by atoms with Crippen LogP contribution in [0.3, 0.4) is 0 Å². The van der Waals surface area contributed by atoms with Gasteiger partial charge in [0.2, 0.25) is 5.91 Å². The molecule has 2 heterocycles. The fourth-order valence-corrected chi connectivity index (χ4v) is 2.79. The first-order valence-corrected chi connectivity index (χ1v) is 8.11. The van der Waals surface area contributed by atoms with Gasteiger partial charge in [0.1, 0.15) is 0 Å². The number of furan rings is 1. The Morgan fingerprint density at radius 3 is 2.50 bits per heavy atom. The molecule has 1 fully saturated rings. The Labute approximate surface area is 145 Å². The zero-order valence-corrected chi connectivity index (χ0v) is 13.8. The number of carbonyl (C=O) groups is 2. The van der Waals surface area contributed by atoms with E-state index in [0.717, 1.165) is 5.69 Å². The van der Waals surface area contributed by atoms with E-state index < -0.39 is 0 Å². The fourth-order valence-electron chi connectivity index (χ4n) is 2.60. The number of piperazine rings is 1. The van der Waals surface area contributed by atoms with Gasteiger partial charge in [-0.05, 0) is 30.3 Å². The van der Waals surface area contributed by atoms with Gasteiger partial charge in [-0.25, -0.2) is 0 Å².